The van der Waals surface area contributed by atoms with Crippen molar-refractivity contribution in [2.45, 2.75) is 72.8 Å². The van der Waals surface area contributed by atoms with Crippen molar-refractivity contribution in [3.05, 3.63) is 22.2 Å². The first-order chi connectivity index (χ1) is 13.7. The third-order valence-corrected chi connectivity index (χ3v) is 5.22. The van der Waals surface area contributed by atoms with Gasteiger partial charge in [0.25, 0.3) is 0 Å². The maximum Gasteiger partial charge on any atom is 0.175 e. The van der Waals surface area contributed by atoms with Gasteiger partial charge >= 0.3 is 0 Å². The van der Waals surface area contributed by atoms with E-state index >= 15 is 0 Å². The van der Waals surface area contributed by atoms with E-state index in [2.05, 4.69) is 59.1 Å². The highest BCUT2D eigenvalue weighted by Crippen LogP contribution is 2.37. The predicted molar refractivity (Wildman–Crippen MR) is 124 cm³/mol. The molecule has 0 fully saturated rings. The van der Waals surface area contributed by atoms with Crippen molar-refractivity contribution in [2.75, 3.05) is 39.4 Å². The fourth-order valence-corrected chi connectivity index (χ4v) is 3.69. The minimum Gasteiger partial charge on any atom is -0.490 e. The summed E-state index contributed by atoms with van der Waals surface area (Å²) in [5.41, 5.74) is 1.22. The molecule has 0 bridgehead atoms. The molecule has 0 aliphatic heterocycles. The highest BCUT2D eigenvalue weighted by Gasteiger charge is 2.12. The summed E-state index contributed by atoms with van der Waals surface area (Å²) in [6.45, 7) is 15.5. The second kappa shape index (κ2) is 16.1. The molecule has 0 saturated heterocycles. The smallest absolute Gasteiger partial charge is 0.175 e. The number of nitrogens with one attached hydrogen (secondary N) is 1. The Morgan fingerprint density at radius 1 is 0.893 bits per heavy atom. The Kier molecular flexibility index (Phi) is 14.5. The minimum atomic E-state index is 0.636. The van der Waals surface area contributed by atoms with Crippen molar-refractivity contribution < 1.29 is 9.47 Å². The lowest BCUT2D eigenvalue weighted by Gasteiger charge is -2.22. The number of hydrogen-bond acceptors (Lipinski definition) is 4. The summed E-state index contributed by atoms with van der Waals surface area (Å²) in [6.07, 6.45) is 7.32. The van der Waals surface area contributed by atoms with Gasteiger partial charge in [-0.05, 0) is 92.4 Å². The van der Waals surface area contributed by atoms with E-state index < -0.39 is 0 Å². The van der Waals surface area contributed by atoms with Crippen molar-refractivity contribution in [3.63, 3.8) is 0 Å². The van der Waals surface area contributed by atoms with Crippen molar-refractivity contribution in [1.29, 1.82) is 0 Å². The van der Waals surface area contributed by atoms with Crippen LogP contribution < -0.4 is 14.8 Å². The zero-order valence-corrected chi connectivity index (χ0v) is 20.1. The van der Waals surface area contributed by atoms with Crippen LogP contribution in [-0.4, -0.2) is 44.3 Å². The summed E-state index contributed by atoms with van der Waals surface area (Å²) >= 11 is 3.65. The number of ether oxygens (including phenoxy) is 2. The van der Waals surface area contributed by atoms with E-state index in [0.717, 1.165) is 35.5 Å². The van der Waals surface area contributed by atoms with Crippen LogP contribution in [0.3, 0.4) is 0 Å². The maximum atomic E-state index is 5.86. The molecular weight excluding hydrogens is 416 g/mol. The van der Waals surface area contributed by atoms with Crippen molar-refractivity contribution in [2.24, 2.45) is 0 Å². The van der Waals surface area contributed by atoms with E-state index in [9.17, 15) is 0 Å². The third kappa shape index (κ3) is 10.1. The number of halogens is 1. The van der Waals surface area contributed by atoms with Gasteiger partial charge in [0.15, 0.2) is 11.5 Å². The molecule has 28 heavy (non-hydrogen) atoms. The van der Waals surface area contributed by atoms with Gasteiger partial charge in [-0.1, -0.05) is 33.6 Å². The zero-order chi connectivity index (χ0) is 20.6. The fraction of sp³-hybridized carbons (Fsp3) is 0.739. The second-order valence-corrected chi connectivity index (χ2v) is 8.12. The van der Waals surface area contributed by atoms with Gasteiger partial charge in [-0.15, -0.1) is 0 Å². The molecule has 0 spiro atoms. The van der Waals surface area contributed by atoms with E-state index in [1.165, 1.54) is 57.3 Å². The molecule has 0 aliphatic carbocycles. The fourth-order valence-electron chi connectivity index (χ4n) is 3.09. The van der Waals surface area contributed by atoms with Crippen LogP contribution in [0.4, 0.5) is 0 Å². The van der Waals surface area contributed by atoms with Gasteiger partial charge < -0.3 is 19.7 Å². The molecule has 4 nitrogen and oxygen atoms in total. The summed E-state index contributed by atoms with van der Waals surface area (Å²) in [5, 5.41) is 3.58. The molecule has 0 amide bonds. The standard InChI is InChI=1S/C23H41BrN2O2/c1-5-9-13-26(14-10-6-2)15-11-12-25-19-20-17-21(24)23(28-16-7-3)22(18-20)27-8-4/h17-18,25H,5-16,19H2,1-4H3. The van der Waals surface area contributed by atoms with Crippen LogP contribution in [0.25, 0.3) is 0 Å². The van der Waals surface area contributed by atoms with Crippen molar-refractivity contribution in [3.8, 4) is 11.5 Å². The average Bonchev–Trinajstić information content (AvgIpc) is 2.69. The van der Waals surface area contributed by atoms with E-state index in [-0.39, 0.29) is 0 Å². The molecule has 0 atom stereocenters. The monoisotopic (exact) mass is 456 g/mol. The van der Waals surface area contributed by atoms with Crippen molar-refractivity contribution >= 4 is 15.9 Å². The van der Waals surface area contributed by atoms with Crippen LogP contribution in [0.5, 0.6) is 11.5 Å². The normalized spacial score (nSPS) is 11.2. The van der Waals surface area contributed by atoms with Crippen LogP contribution in [0, 0.1) is 0 Å². The Hall–Kier alpha value is -0.780. The summed E-state index contributed by atoms with van der Waals surface area (Å²) in [6, 6.07) is 4.23. The van der Waals surface area contributed by atoms with E-state index in [1.807, 2.05) is 6.92 Å². The predicted octanol–water partition coefficient (Wildman–Crippen LogP) is 6.02. The zero-order valence-electron chi connectivity index (χ0n) is 18.5. The third-order valence-electron chi connectivity index (χ3n) is 4.63. The lowest BCUT2D eigenvalue weighted by molar-refractivity contribution is 0.261. The van der Waals surface area contributed by atoms with E-state index in [0.29, 0.717) is 13.2 Å². The number of unbranched alkanes of at least 4 members (excludes halogenated alkanes) is 2. The molecule has 1 aromatic rings. The van der Waals surface area contributed by atoms with Gasteiger partial charge in [0, 0.05) is 6.54 Å². The van der Waals surface area contributed by atoms with Crippen LogP contribution in [0.1, 0.15) is 71.8 Å². The summed E-state index contributed by atoms with van der Waals surface area (Å²) in [4.78, 5) is 2.62. The quantitative estimate of drug-likeness (QED) is 0.290. The average molecular weight is 457 g/mol. The maximum absolute atomic E-state index is 5.86. The molecule has 0 radical (unpaired) electrons. The molecular formula is C23H41BrN2O2. The molecule has 1 N–H and O–H groups in total. The largest absolute Gasteiger partial charge is 0.490 e. The topological polar surface area (TPSA) is 33.7 Å². The molecule has 0 saturated carbocycles. The van der Waals surface area contributed by atoms with Gasteiger partial charge in [0.1, 0.15) is 0 Å². The number of rotatable bonds is 17. The minimum absolute atomic E-state index is 0.636. The van der Waals surface area contributed by atoms with Gasteiger partial charge in [-0.2, -0.15) is 0 Å². The molecule has 1 aromatic carbocycles. The molecule has 5 heteroatoms. The van der Waals surface area contributed by atoms with E-state index in [1.54, 1.807) is 0 Å². The van der Waals surface area contributed by atoms with Crippen LogP contribution in [0.15, 0.2) is 16.6 Å². The number of hydrogen-bond donors (Lipinski definition) is 1. The van der Waals surface area contributed by atoms with E-state index in [4.69, 9.17) is 9.47 Å². The lowest BCUT2D eigenvalue weighted by atomic mass is 10.2. The second-order valence-electron chi connectivity index (χ2n) is 7.27. The van der Waals surface area contributed by atoms with Gasteiger partial charge in [0.2, 0.25) is 0 Å². The highest BCUT2D eigenvalue weighted by atomic mass is 79.9. The first-order valence-corrected chi connectivity index (χ1v) is 12.0. The molecule has 0 aromatic heterocycles. The number of benzene rings is 1. The molecule has 162 valence electrons. The first kappa shape index (κ1) is 25.3. The Morgan fingerprint density at radius 2 is 1.57 bits per heavy atom. The molecule has 1 rings (SSSR count). The highest BCUT2D eigenvalue weighted by molar-refractivity contribution is 9.10. The van der Waals surface area contributed by atoms with Gasteiger partial charge in [0.05, 0.1) is 17.7 Å². The van der Waals surface area contributed by atoms with Gasteiger partial charge in [-0.25, -0.2) is 0 Å². The molecule has 0 heterocycles. The Labute approximate surface area is 181 Å². The van der Waals surface area contributed by atoms with Crippen LogP contribution in [-0.2, 0) is 6.54 Å². The van der Waals surface area contributed by atoms with Crippen LogP contribution >= 0.6 is 15.9 Å². The number of nitrogens with zero attached hydrogens (tertiary/aromatic N) is 1. The first-order valence-electron chi connectivity index (χ1n) is 11.2. The SMILES string of the molecule is CCCCN(CCCC)CCCNCc1cc(Br)c(OCCC)c(OCC)c1. The van der Waals surface area contributed by atoms with Crippen molar-refractivity contribution in [1.82, 2.24) is 10.2 Å². The summed E-state index contributed by atoms with van der Waals surface area (Å²) in [7, 11) is 0. The molecule has 0 aliphatic rings. The Bertz CT molecular complexity index is 518. The Balaban J connectivity index is 2.48. The summed E-state index contributed by atoms with van der Waals surface area (Å²) in [5.74, 6) is 1.64. The lowest BCUT2D eigenvalue weighted by Crippen LogP contribution is -2.29. The van der Waals surface area contributed by atoms with Crippen LogP contribution in [0.2, 0.25) is 0 Å². The summed E-state index contributed by atoms with van der Waals surface area (Å²) < 4.78 is 12.6. The van der Waals surface area contributed by atoms with Gasteiger partial charge in [-0.3, -0.25) is 0 Å². The molecule has 0 unspecified atom stereocenters. The Morgan fingerprint density at radius 3 is 2.18 bits per heavy atom.